The van der Waals surface area contributed by atoms with Crippen LogP contribution in [-0.2, 0) is 21.5 Å². The lowest BCUT2D eigenvalue weighted by Crippen LogP contribution is -2.55. The molecule has 2 aromatic rings. The van der Waals surface area contributed by atoms with Gasteiger partial charge in [0.05, 0.1) is 17.6 Å². The lowest BCUT2D eigenvalue weighted by Gasteiger charge is -2.42. The Morgan fingerprint density at radius 2 is 1.87 bits per heavy atom. The fraction of sp³-hybridized carbons (Fsp3) is 0.364. The Bertz CT molecular complexity index is 1070. The summed E-state index contributed by atoms with van der Waals surface area (Å²) in [6.07, 6.45) is 3.51. The van der Waals surface area contributed by atoms with Crippen molar-refractivity contribution in [3.8, 4) is 0 Å². The number of nitrogens with one attached hydrogen (secondary N) is 2. The summed E-state index contributed by atoms with van der Waals surface area (Å²) >= 11 is 1.36. The second-order valence-corrected chi connectivity index (χ2v) is 9.61. The first-order chi connectivity index (χ1) is 14.4. The fourth-order valence-corrected chi connectivity index (χ4v) is 5.23. The number of benzene rings is 1. The number of hydrogen-bond acceptors (Lipinski definition) is 7. The highest BCUT2D eigenvalue weighted by Gasteiger charge is 2.42. The summed E-state index contributed by atoms with van der Waals surface area (Å²) in [5.74, 6) is -0.896. The Labute approximate surface area is 184 Å². The van der Waals surface area contributed by atoms with E-state index < -0.39 is 16.8 Å². The molecule has 1 aromatic carbocycles. The Kier molecular flexibility index (Phi) is 6.02. The topological polar surface area (TPSA) is 111 Å². The number of fused-ring (bicyclic) bond motifs is 1. The minimum absolute atomic E-state index is 0.0207. The van der Waals surface area contributed by atoms with Crippen molar-refractivity contribution in [1.82, 2.24) is 5.32 Å². The first-order valence-corrected chi connectivity index (χ1v) is 10.5. The predicted molar refractivity (Wildman–Crippen MR) is 120 cm³/mol. The van der Waals surface area contributed by atoms with Gasteiger partial charge in [0.2, 0.25) is 5.91 Å². The summed E-state index contributed by atoms with van der Waals surface area (Å²) in [6, 6.07) is 5.86. The molecular weight excluding hydrogens is 418 g/mol. The maximum absolute atomic E-state index is 12.6. The van der Waals surface area contributed by atoms with Crippen LogP contribution in [0.4, 0.5) is 10.7 Å². The molecule has 9 heteroatoms. The van der Waals surface area contributed by atoms with E-state index in [0.29, 0.717) is 22.5 Å². The van der Waals surface area contributed by atoms with E-state index in [2.05, 4.69) is 24.5 Å². The number of thiophene rings is 1. The smallest absolute Gasteiger partial charge is 0.341 e. The molecule has 8 nitrogen and oxygen atoms in total. The molecular formula is C22H25N3O5S. The Balaban J connectivity index is 1.89. The molecule has 0 spiro atoms. The second kappa shape index (κ2) is 8.24. The largest absolute Gasteiger partial charge is 0.465 e. The van der Waals surface area contributed by atoms with Gasteiger partial charge in [0.15, 0.2) is 0 Å². The van der Waals surface area contributed by atoms with E-state index in [0.717, 1.165) is 10.4 Å². The van der Waals surface area contributed by atoms with Gasteiger partial charge in [0.25, 0.3) is 5.69 Å². The number of non-ortho nitro benzene ring substituents is 1. The van der Waals surface area contributed by atoms with Gasteiger partial charge in [0, 0.05) is 34.2 Å². The van der Waals surface area contributed by atoms with E-state index >= 15 is 0 Å². The molecule has 0 aliphatic carbocycles. The van der Waals surface area contributed by atoms with Crippen molar-refractivity contribution in [2.45, 2.75) is 45.2 Å². The monoisotopic (exact) mass is 443 g/mol. The third-order valence-corrected chi connectivity index (χ3v) is 6.47. The summed E-state index contributed by atoms with van der Waals surface area (Å²) in [6.45, 7) is 8.23. The highest BCUT2D eigenvalue weighted by Crippen LogP contribution is 2.45. The normalized spacial score (nSPS) is 16.5. The average molecular weight is 444 g/mol. The molecule has 0 radical (unpaired) electrons. The molecule has 1 aliphatic heterocycles. The highest BCUT2D eigenvalue weighted by molar-refractivity contribution is 7.17. The van der Waals surface area contributed by atoms with Crippen LogP contribution in [0.25, 0.3) is 6.08 Å². The zero-order valence-corrected chi connectivity index (χ0v) is 18.9. The van der Waals surface area contributed by atoms with E-state index in [9.17, 15) is 19.7 Å². The van der Waals surface area contributed by atoms with Crippen LogP contribution in [0, 0.1) is 10.1 Å². The third-order valence-electron chi connectivity index (χ3n) is 5.00. The summed E-state index contributed by atoms with van der Waals surface area (Å²) in [5.41, 5.74) is 1.31. The van der Waals surface area contributed by atoms with Crippen LogP contribution in [0.15, 0.2) is 30.3 Å². The van der Waals surface area contributed by atoms with Crippen molar-refractivity contribution >= 4 is 40.0 Å². The van der Waals surface area contributed by atoms with E-state index in [-0.39, 0.29) is 16.8 Å². The first-order valence-electron chi connectivity index (χ1n) is 9.71. The highest BCUT2D eigenvalue weighted by atomic mass is 32.1. The fourth-order valence-electron chi connectivity index (χ4n) is 3.97. The van der Waals surface area contributed by atoms with Gasteiger partial charge in [-0.05, 0) is 63.5 Å². The molecule has 0 unspecified atom stereocenters. The van der Waals surface area contributed by atoms with Crippen molar-refractivity contribution in [2.75, 3.05) is 12.4 Å². The van der Waals surface area contributed by atoms with Gasteiger partial charge in [-0.3, -0.25) is 14.9 Å². The van der Waals surface area contributed by atoms with E-state index in [1.807, 2.05) is 13.8 Å². The van der Waals surface area contributed by atoms with Crippen molar-refractivity contribution in [2.24, 2.45) is 0 Å². The molecule has 3 rings (SSSR count). The molecule has 0 saturated heterocycles. The number of nitro groups is 1. The molecule has 1 aliphatic rings. The van der Waals surface area contributed by atoms with E-state index in [1.54, 1.807) is 18.2 Å². The number of ether oxygens (including phenoxy) is 1. The summed E-state index contributed by atoms with van der Waals surface area (Å²) < 4.78 is 5.00. The van der Waals surface area contributed by atoms with Crippen LogP contribution in [0.1, 0.15) is 54.1 Å². The number of carbonyl (C=O) groups excluding carboxylic acids is 2. The minimum Gasteiger partial charge on any atom is -0.465 e. The van der Waals surface area contributed by atoms with Crippen LogP contribution >= 0.6 is 11.3 Å². The van der Waals surface area contributed by atoms with Crippen molar-refractivity contribution in [3.05, 3.63) is 62.0 Å². The van der Waals surface area contributed by atoms with Gasteiger partial charge in [-0.25, -0.2) is 4.79 Å². The Hall–Kier alpha value is -3.04. The quantitative estimate of drug-likeness (QED) is 0.309. The summed E-state index contributed by atoms with van der Waals surface area (Å²) in [5, 5.41) is 17.6. The number of methoxy groups -OCH3 is 1. The zero-order valence-electron chi connectivity index (χ0n) is 18.1. The molecule has 2 N–H and O–H groups in total. The molecule has 1 aromatic heterocycles. The van der Waals surface area contributed by atoms with Gasteiger partial charge in [0.1, 0.15) is 5.00 Å². The van der Waals surface area contributed by atoms with Gasteiger partial charge < -0.3 is 15.4 Å². The lowest BCUT2D eigenvalue weighted by molar-refractivity contribution is -0.384. The molecule has 31 heavy (non-hydrogen) atoms. The van der Waals surface area contributed by atoms with Gasteiger partial charge in [-0.1, -0.05) is 0 Å². The molecule has 0 fully saturated rings. The van der Waals surface area contributed by atoms with Crippen LogP contribution in [0.5, 0.6) is 0 Å². The average Bonchev–Trinajstić information content (AvgIpc) is 3.03. The maximum Gasteiger partial charge on any atom is 0.341 e. The standard InChI is InChI=1S/C22H25N3O5S/c1-21(2)12-15-17(20(27)30-5)19(31-18(15)22(3,4)24-21)23-16(26)11-8-13-6-9-14(10-7-13)25(28)29/h6-11,24H,12H2,1-5H3,(H,23,26)/b11-8+. The van der Waals surface area contributed by atoms with E-state index in [1.165, 1.54) is 36.7 Å². The van der Waals surface area contributed by atoms with Gasteiger partial charge in [-0.15, -0.1) is 11.3 Å². The van der Waals surface area contributed by atoms with Crippen molar-refractivity contribution in [3.63, 3.8) is 0 Å². The second-order valence-electron chi connectivity index (χ2n) is 8.59. The number of esters is 1. The molecule has 2 heterocycles. The first kappa shape index (κ1) is 22.6. The molecule has 0 atom stereocenters. The maximum atomic E-state index is 12.6. The summed E-state index contributed by atoms with van der Waals surface area (Å²) in [7, 11) is 1.32. The van der Waals surface area contributed by atoms with Crippen LogP contribution in [0.3, 0.4) is 0 Å². The van der Waals surface area contributed by atoms with Crippen LogP contribution in [-0.4, -0.2) is 29.4 Å². The number of amides is 1. The van der Waals surface area contributed by atoms with Gasteiger partial charge >= 0.3 is 5.97 Å². The van der Waals surface area contributed by atoms with Gasteiger partial charge in [-0.2, -0.15) is 0 Å². The number of rotatable bonds is 5. The SMILES string of the molecule is COC(=O)c1c(NC(=O)/C=C/c2ccc([N+](=O)[O-])cc2)sc2c1CC(C)(C)NC2(C)C. The molecule has 0 saturated carbocycles. The number of hydrogen-bond donors (Lipinski definition) is 2. The molecule has 1 amide bonds. The minimum atomic E-state index is -0.486. The number of nitro benzene ring substituents is 1. The zero-order chi connectivity index (χ0) is 23.0. The Morgan fingerprint density at radius 3 is 2.45 bits per heavy atom. The number of carbonyl (C=O) groups is 2. The van der Waals surface area contributed by atoms with Crippen LogP contribution < -0.4 is 10.6 Å². The lowest BCUT2D eigenvalue weighted by atomic mass is 9.81. The molecule has 164 valence electrons. The summed E-state index contributed by atoms with van der Waals surface area (Å²) in [4.78, 5) is 36.4. The predicted octanol–water partition coefficient (Wildman–Crippen LogP) is 4.25. The van der Waals surface area contributed by atoms with Crippen molar-refractivity contribution < 1.29 is 19.2 Å². The molecule has 0 bridgehead atoms. The van der Waals surface area contributed by atoms with E-state index in [4.69, 9.17) is 4.74 Å². The Morgan fingerprint density at radius 1 is 1.23 bits per heavy atom. The third kappa shape index (κ3) is 4.83. The number of anilines is 1. The van der Waals surface area contributed by atoms with Crippen LogP contribution in [0.2, 0.25) is 0 Å². The number of nitrogens with zero attached hydrogens (tertiary/aromatic N) is 1. The van der Waals surface area contributed by atoms with Crippen molar-refractivity contribution in [1.29, 1.82) is 0 Å².